The average Bonchev–Trinajstić information content (AvgIpc) is 2.73. The summed E-state index contributed by atoms with van der Waals surface area (Å²) in [5.41, 5.74) is 4.65. The van der Waals surface area contributed by atoms with Crippen molar-refractivity contribution in [1.82, 2.24) is 0 Å². The third kappa shape index (κ3) is 1.40. The first-order valence-corrected chi connectivity index (χ1v) is 7.49. The number of hydrogen-bond acceptors (Lipinski definition) is 1. The van der Waals surface area contributed by atoms with Crippen LogP contribution in [0.1, 0.15) is 40.2 Å². The van der Waals surface area contributed by atoms with Gasteiger partial charge in [0.2, 0.25) is 0 Å². The number of benzene rings is 1. The van der Waals surface area contributed by atoms with Crippen LogP contribution in [0.4, 0.5) is 0 Å². The monoisotopic (exact) mass is 282 g/mol. The molecule has 0 radical (unpaired) electrons. The van der Waals surface area contributed by atoms with E-state index in [4.69, 9.17) is 0 Å². The van der Waals surface area contributed by atoms with E-state index in [0.29, 0.717) is 5.57 Å². The number of allylic oxidation sites excluding steroid dienone is 3. The molecule has 3 unspecified atom stereocenters. The molecule has 2 aliphatic rings. The van der Waals surface area contributed by atoms with E-state index in [2.05, 4.69) is 34.6 Å². The fourth-order valence-electron chi connectivity index (χ4n) is 4.71. The van der Waals surface area contributed by atoms with E-state index in [1.54, 1.807) is 0 Å². The predicted octanol–water partition coefficient (Wildman–Crippen LogP) is 4.54. The van der Waals surface area contributed by atoms with Gasteiger partial charge in [0.1, 0.15) is 0 Å². The highest BCUT2D eigenvalue weighted by molar-refractivity contribution is 6.04. The first-order chi connectivity index (χ1) is 9.77. The largest absolute Gasteiger partial charge is 0.478 e. The van der Waals surface area contributed by atoms with E-state index in [1.165, 1.54) is 11.1 Å². The Labute approximate surface area is 126 Å². The van der Waals surface area contributed by atoms with Crippen molar-refractivity contribution in [1.29, 1.82) is 0 Å². The molecule has 110 valence electrons. The summed E-state index contributed by atoms with van der Waals surface area (Å²) in [7, 11) is 0. The minimum atomic E-state index is -0.779. The highest BCUT2D eigenvalue weighted by Crippen LogP contribution is 2.71. The maximum atomic E-state index is 12.0. The summed E-state index contributed by atoms with van der Waals surface area (Å²) in [6.07, 6.45) is 0. The first kappa shape index (κ1) is 14.1. The van der Waals surface area contributed by atoms with Gasteiger partial charge in [-0.05, 0) is 30.9 Å². The third-order valence-corrected chi connectivity index (χ3v) is 6.42. The molecule has 2 nitrogen and oxygen atoms in total. The van der Waals surface area contributed by atoms with Crippen LogP contribution in [0.2, 0.25) is 0 Å². The second kappa shape index (κ2) is 4.09. The van der Waals surface area contributed by atoms with Gasteiger partial charge in [-0.15, -0.1) is 0 Å². The Balaban J connectivity index is 2.38. The summed E-state index contributed by atoms with van der Waals surface area (Å²) in [5.74, 6) is -0.509. The second-order valence-corrected chi connectivity index (χ2v) is 6.80. The lowest BCUT2D eigenvalue weighted by Crippen LogP contribution is -2.28. The standard InChI is InChI=1S/C19H22O2/c1-11-12(2)19(5)13(3)18(11,4)15(16(19)17(20)21)14-9-7-6-8-10-14/h6-10,13H,1-5H3,(H,20,21). The zero-order valence-electron chi connectivity index (χ0n) is 13.3. The van der Waals surface area contributed by atoms with Crippen molar-refractivity contribution in [2.75, 3.05) is 0 Å². The van der Waals surface area contributed by atoms with Gasteiger partial charge in [-0.3, -0.25) is 0 Å². The molecule has 0 spiro atoms. The summed E-state index contributed by atoms with van der Waals surface area (Å²) < 4.78 is 0. The van der Waals surface area contributed by atoms with Crippen LogP contribution in [0.5, 0.6) is 0 Å². The third-order valence-electron chi connectivity index (χ3n) is 6.42. The summed E-state index contributed by atoms with van der Waals surface area (Å²) in [4.78, 5) is 12.0. The van der Waals surface area contributed by atoms with Crippen molar-refractivity contribution in [2.45, 2.75) is 34.6 Å². The fourth-order valence-corrected chi connectivity index (χ4v) is 4.71. The number of hydrogen-bond donors (Lipinski definition) is 1. The van der Waals surface area contributed by atoms with Crippen LogP contribution in [0.15, 0.2) is 47.1 Å². The molecule has 21 heavy (non-hydrogen) atoms. The molecular formula is C19H22O2. The fraction of sp³-hybridized carbons (Fsp3) is 0.421. The number of carbonyl (C=O) groups is 1. The van der Waals surface area contributed by atoms with Crippen LogP contribution in [0.3, 0.4) is 0 Å². The van der Waals surface area contributed by atoms with Crippen molar-refractivity contribution < 1.29 is 9.90 Å². The molecule has 1 aromatic carbocycles. The van der Waals surface area contributed by atoms with Gasteiger partial charge in [0.15, 0.2) is 0 Å². The van der Waals surface area contributed by atoms with Crippen molar-refractivity contribution in [3.63, 3.8) is 0 Å². The SMILES string of the molecule is CC1=C(C)C2(C)C(c3ccccc3)=C(C(=O)O)C1(C)C2C. The molecule has 0 saturated carbocycles. The predicted molar refractivity (Wildman–Crippen MR) is 84.7 cm³/mol. The molecule has 0 fully saturated rings. The molecule has 2 aliphatic carbocycles. The highest BCUT2D eigenvalue weighted by Gasteiger charge is 2.63. The Bertz CT molecular complexity index is 696. The zero-order valence-corrected chi connectivity index (χ0v) is 13.3. The summed E-state index contributed by atoms with van der Waals surface area (Å²) in [6.45, 7) is 10.8. The summed E-state index contributed by atoms with van der Waals surface area (Å²) >= 11 is 0. The Hall–Kier alpha value is -1.83. The molecule has 2 bridgehead atoms. The van der Waals surface area contributed by atoms with Gasteiger partial charge < -0.3 is 5.11 Å². The maximum absolute atomic E-state index is 12.0. The molecule has 0 heterocycles. The number of fused-ring (bicyclic) bond motifs is 2. The van der Waals surface area contributed by atoms with Gasteiger partial charge in [0.25, 0.3) is 0 Å². The van der Waals surface area contributed by atoms with Crippen molar-refractivity contribution in [2.24, 2.45) is 16.7 Å². The van der Waals surface area contributed by atoms with Gasteiger partial charge in [0.05, 0.1) is 5.57 Å². The van der Waals surface area contributed by atoms with Gasteiger partial charge in [0, 0.05) is 10.8 Å². The number of aliphatic carboxylic acids is 1. The van der Waals surface area contributed by atoms with Crippen LogP contribution in [-0.2, 0) is 4.79 Å². The summed E-state index contributed by atoms with van der Waals surface area (Å²) in [6, 6.07) is 10.00. The normalized spacial score (nSPS) is 34.8. The molecule has 0 aromatic heterocycles. The van der Waals surface area contributed by atoms with Crippen LogP contribution >= 0.6 is 0 Å². The Morgan fingerprint density at radius 2 is 1.57 bits per heavy atom. The molecule has 2 heteroatoms. The number of carboxylic acids is 1. The van der Waals surface area contributed by atoms with E-state index in [1.807, 2.05) is 30.3 Å². The quantitative estimate of drug-likeness (QED) is 0.809. The van der Waals surface area contributed by atoms with Crippen LogP contribution in [0, 0.1) is 16.7 Å². The van der Waals surface area contributed by atoms with Gasteiger partial charge in [-0.1, -0.05) is 62.2 Å². The smallest absolute Gasteiger partial charge is 0.332 e. The molecular weight excluding hydrogens is 260 g/mol. The molecule has 1 N–H and O–H groups in total. The van der Waals surface area contributed by atoms with Gasteiger partial charge in [-0.25, -0.2) is 4.79 Å². The molecule has 0 amide bonds. The lowest BCUT2D eigenvalue weighted by molar-refractivity contribution is -0.133. The first-order valence-electron chi connectivity index (χ1n) is 7.49. The van der Waals surface area contributed by atoms with E-state index >= 15 is 0 Å². The van der Waals surface area contributed by atoms with E-state index in [-0.39, 0.29) is 16.7 Å². The lowest BCUT2D eigenvalue weighted by Gasteiger charge is -2.32. The lowest BCUT2D eigenvalue weighted by atomic mass is 9.71. The Morgan fingerprint density at radius 1 is 1.05 bits per heavy atom. The van der Waals surface area contributed by atoms with E-state index < -0.39 is 5.97 Å². The number of carboxylic acid groups (broad SMARTS) is 1. The van der Waals surface area contributed by atoms with Crippen LogP contribution < -0.4 is 0 Å². The van der Waals surface area contributed by atoms with Crippen molar-refractivity contribution in [3.8, 4) is 0 Å². The Kier molecular flexibility index (Phi) is 2.75. The van der Waals surface area contributed by atoms with E-state index in [0.717, 1.165) is 11.1 Å². The minimum Gasteiger partial charge on any atom is -0.478 e. The summed E-state index contributed by atoms with van der Waals surface area (Å²) in [5, 5.41) is 9.89. The van der Waals surface area contributed by atoms with Crippen LogP contribution in [-0.4, -0.2) is 11.1 Å². The molecule has 1 aromatic rings. The Morgan fingerprint density at radius 3 is 2.10 bits per heavy atom. The molecule has 0 aliphatic heterocycles. The second-order valence-electron chi connectivity index (χ2n) is 6.80. The minimum absolute atomic E-state index is 0.187. The van der Waals surface area contributed by atoms with Crippen LogP contribution in [0.25, 0.3) is 5.57 Å². The van der Waals surface area contributed by atoms with Crippen molar-refractivity contribution >= 4 is 11.5 Å². The molecule has 3 atom stereocenters. The average molecular weight is 282 g/mol. The van der Waals surface area contributed by atoms with Gasteiger partial charge in [-0.2, -0.15) is 0 Å². The topological polar surface area (TPSA) is 37.3 Å². The van der Waals surface area contributed by atoms with E-state index in [9.17, 15) is 9.90 Å². The zero-order chi connectivity index (χ0) is 15.6. The number of rotatable bonds is 2. The van der Waals surface area contributed by atoms with Crippen molar-refractivity contribution in [3.05, 3.63) is 52.6 Å². The molecule has 0 saturated heterocycles. The maximum Gasteiger partial charge on any atom is 0.332 e. The van der Waals surface area contributed by atoms with Gasteiger partial charge >= 0.3 is 5.97 Å². The molecule has 3 rings (SSSR count). The highest BCUT2D eigenvalue weighted by atomic mass is 16.4.